The molecule has 0 atom stereocenters. The number of halogens is 1. The average Bonchev–Trinajstić information content (AvgIpc) is 2.50. The number of aryl methyl sites for hydroxylation is 1. The van der Waals surface area contributed by atoms with Gasteiger partial charge in [0.2, 0.25) is 5.91 Å². The van der Waals surface area contributed by atoms with Crippen molar-refractivity contribution in [2.45, 2.75) is 11.8 Å². The molecule has 3 rings (SSSR count). The van der Waals surface area contributed by atoms with Crippen molar-refractivity contribution in [2.75, 3.05) is 16.4 Å². The molecule has 1 aliphatic rings. The molecule has 0 fully saturated rings. The highest BCUT2D eigenvalue weighted by atomic mass is 32.2. The van der Waals surface area contributed by atoms with Crippen LogP contribution in [0.15, 0.2) is 41.3 Å². The van der Waals surface area contributed by atoms with Gasteiger partial charge in [-0.05, 0) is 42.8 Å². The second-order valence-corrected chi connectivity index (χ2v) is 5.98. The highest BCUT2D eigenvalue weighted by Crippen LogP contribution is 2.32. The predicted molar refractivity (Wildman–Crippen MR) is 84.9 cm³/mol. The molecule has 0 saturated carbocycles. The lowest BCUT2D eigenvalue weighted by atomic mass is 10.1. The fourth-order valence-electron chi connectivity index (χ4n) is 2.10. The molecular weight excluding hydrogens is 303 g/mol. The summed E-state index contributed by atoms with van der Waals surface area (Å²) in [6.07, 6.45) is 0. The third kappa shape index (κ3) is 2.96. The normalized spacial score (nSPS) is 13.3. The third-order valence-electron chi connectivity index (χ3n) is 3.30. The second-order valence-electron chi connectivity index (χ2n) is 4.97. The predicted octanol–water partition coefficient (Wildman–Crippen LogP) is 3.43. The minimum atomic E-state index is -0.369. The topological polar surface area (TPSA) is 58.2 Å². The molecular formula is C16H13FN2O2S. The molecule has 0 aromatic heterocycles. The lowest BCUT2D eigenvalue weighted by molar-refractivity contribution is -0.113. The minimum Gasteiger partial charge on any atom is -0.324 e. The number of hydrogen-bond acceptors (Lipinski definition) is 3. The van der Waals surface area contributed by atoms with Crippen molar-refractivity contribution < 1.29 is 14.0 Å². The number of benzene rings is 2. The highest BCUT2D eigenvalue weighted by Gasteiger charge is 2.17. The van der Waals surface area contributed by atoms with Crippen LogP contribution in [0.25, 0.3) is 0 Å². The minimum absolute atomic E-state index is 0.0873. The van der Waals surface area contributed by atoms with Crippen molar-refractivity contribution in [2.24, 2.45) is 0 Å². The Kier molecular flexibility index (Phi) is 3.85. The van der Waals surface area contributed by atoms with Gasteiger partial charge in [-0.2, -0.15) is 0 Å². The van der Waals surface area contributed by atoms with Crippen LogP contribution in [0.1, 0.15) is 15.9 Å². The van der Waals surface area contributed by atoms with Crippen molar-refractivity contribution in [1.29, 1.82) is 0 Å². The van der Waals surface area contributed by atoms with Gasteiger partial charge in [-0.15, -0.1) is 11.8 Å². The number of nitrogens with one attached hydrogen (secondary N) is 2. The summed E-state index contributed by atoms with van der Waals surface area (Å²) in [4.78, 5) is 24.5. The van der Waals surface area contributed by atoms with Gasteiger partial charge in [0.1, 0.15) is 5.82 Å². The van der Waals surface area contributed by atoms with Crippen LogP contribution in [0.2, 0.25) is 0 Å². The first-order valence-corrected chi connectivity index (χ1v) is 7.66. The van der Waals surface area contributed by atoms with Crippen LogP contribution >= 0.6 is 11.8 Å². The van der Waals surface area contributed by atoms with Gasteiger partial charge >= 0.3 is 0 Å². The fraction of sp³-hybridized carbons (Fsp3) is 0.125. The number of fused-ring (bicyclic) bond motifs is 1. The fourth-order valence-corrected chi connectivity index (χ4v) is 2.89. The zero-order chi connectivity index (χ0) is 15.7. The zero-order valence-electron chi connectivity index (χ0n) is 11.8. The molecule has 2 aromatic carbocycles. The Bertz CT molecular complexity index is 777. The summed E-state index contributed by atoms with van der Waals surface area (Å²) in [5.74, 6) is -0.431. The summed E-state index contributed by atoms with van der Waals surface area (Å²) in [5, 5.41) is 5.38. The number of anilines is 2. The van der Waals surface area contributed by atoms with Gasteiger partial charge in [0, 0.05) is 16.1 Å². The van der Waals surface area contributed by atoms with Gasteiger partial charge < -0.3 is 10.6 Å². The molecule has 0 bridgehead atoms. The molecule has 0 saturated heterocycles. The number of amides is 2. The summed E-state index contributed by atoms with van der Waals surface area (Å²) in [6, 6.07) is 9.64. The van der Waals surface area contributed by atoms with Gasteiger partial charge in [-0.1, -0.05) is 6.07 Å². The molecule has 2 N–H and O–H groups in total. The van der Waals surface area contributed by atoms with Crippen LogP contribution in [0.3, 0.4) is 0 Å². The molecule has 22 heavy (non-hydrogen) atoms. The maximum atomic E-state index is 13.5. The molecule has 1 aliphatic heterocycles. The quantitative estimate of drug-likeness (QED) is 0.892. The first kappa shape index (κ1) is 14.6. The van der Waals surface area contributed by atoms with Crippen LogP contribution < -0.4 is 10.6 Å². The number of rotatable bonds is 2. The maximum Gasteiger partial charge on any atom is 0.255 e. The molecule has 2 aromatic rings. The van der Waals surface area contributed by atoms with E-state index in [2.05, 4.69) is 10.6 Å². The van der Waals surface area contributed by atoms with Crippen molar-refractivity contribution >= 4 is 35.0 Å². The molecule has 2 amide bonds. The molecule has 112 valence electrons. The van der Waals surface area contributed by atoms with Crippen LogP contribution in [-0.2, 0) is 4.79 Å². The van der Waals surface area contributed by atoms with Gasteiger partial charge in [0.25, 0.3) is 5.91 Å². The summed E-state index contributed by atoms with van der Waals surface area (Å²) in [6.45, 7) is 1.66. The van der Waals surface area contributed by atoms with Crippen LogP contribution in [0.5, 0.6) is 0 Å². The molecule has 1 heterocycles. The lowest BCUT2D eigenvalue weighted by Crippen LogP contribution is -2.20. The van der Waals surface area contributed by atoms with Gasteiger partial charge in [0.15, 0.2) is 0 Å². The highest BCUT2D eigenvalue weighted by molar-refractivity contribution is 8.00. The third-order valence-corrected chi connectivity index (χ3v) is 4.38. The van der Waals surface area contributed by atoms with Crippen molar-refractivity contribution in [3.63, 3.8) is 0 Å². The van der Waals surface area contributed by atoms with E-state index < -0.39 is 0 Å². The average molecular weight is 316 g/mol. The van der Waals surface area contributed by atoms with E-state index in [4.69, 9.17) is 0 Å². The van der Waals surface area contributed by atoms with E-state index in [9.17, 15) is 14.0 Å². The first-order valence-electron chi connectivity index (χ1n) is 6.67. The zero-order valence-corrected chi connectivity index (χ0v) is 12.6. The van der Waals surface area contributed by atoms with Crippen molar-refractivity contribution in [3.8, 4) is 0 Å². The summed E-state index contributed by atoms with van der Waals surface area (Å²) in [7, 11) is 0. The lowest BCUT2D eigenvalue weighted by Gasteiger charge is -2.17. The Labute approximate surface area is 131 Å². The van der Waals surface area contributed by atoms with E-state index >= 15 is 0 Å². The summed E-state index contributed by atoms with van der Waals surface area (Å²) >= 11 is 1.43. The number of thioether (sulfide) groups is 1. The SMILES string of the molecule is Cc1ccc(NC(=O)c2ccc3c(c2)NC(=O)CS3)cc1F. The van der Waals surface area contributed by atoms with Crippen molar-refractivity contribution in [1.82, 2.24) is 0 Å². The molecule has 0 radical (unpaired) electrons. The maximum absolute atomic E-state index is 13.5. The Morgan fingerprint density at radius 2 is 2.09 bits per heavy atom. The van der Waals surface area contributed by atoms with E-state index in [1.807, 2.05) is 0 Å². The van der Waals surface area contributed by atoms with E-state index in [1.165, 1.54) is 17.8 Å². The Morgan fingerprint density at radius 1 is 1.27 bits per heavy atom. The van der Waals surface area contributed by atoms with Gasteiger partial charge in [0.05, 0.1) is 11.4 Å². The first-order chi connectivity index (χ1) is 10.5. The summed E-state index contributed by atoms with van der Waals surface area (Å²) < 4.78 is 13.5. The van der Waals surface area contributed by atoms with Crippen molar-refractivity contribution in [3.05, 3.63) is 53.3 Å². The Balaban J connectivity index is 1.81. The number of carbonyl (C=O) groups excluding carboxylic acids is 2. The van der Waals surface area contributed by atoms with Crippen LogP contribution in [-0.4, -0.2) is 17.6 Å². The smallest absolute Gasteiger partial charge is 0.255 e. The van der Waals surface area contributed by atoms with E-state index in [0.29, 0.717) is 28.3 Å². The largest absolute Gasteiger partial charge is 0.324 e. The Morgan fingerprint density at radius 3 is 2.86 bits per heavy atom. The summed E-state index contributed by atoms with van der Waals surface area (Å²) in [5.41, 5.74) is 1.95. The Hall–Kier alpha value is -2.34. The van der Waals surface area contributed by atoms with E-state index in [-0.39, 0.29) is 17.6 Å². The van der Waals surface area contributed by atoms with Crippen LogP contribution in [0, 0.1) is 12.7 Å². The monoisotopic (exact) mass is 316 g/mol. The van der Waals surface area contributed by atoms with E-state index in [0.717, 1.165) is 4.90 Å². The standard InChI is InChI=1S/C16H13FN2O2S/c1-9-2-4-11(7-12(9)17)18-16(21)10-3-5-14-13(6-10)19-15(20)8-22-14/h2-7H,8H2,1H3,(H,18,21)(H,19,20). The van der Waals surface area contributed by atoms with Gasteiger partial charge in [-0.25, -0.2) is 4.39 Å². The molecule has 4 nitrogen and oxygen atoms in total. The molecule has 0 spiro atoms. The molecule has 6 heteroatoms. The van der Waals surface area contributed by atoms with Crippen LogP contribution in [0.4, 0.5) is 15.8 Å². The number of hydrogen-bond donors (Lipinski definition) is 2. The molecule has 0 aliphatic carbocycles. The van der Waals surface area contributed by atoms with E-state index in [1.54, 1.807) is 37.3 Å². The molecule has 0 unspecified atom stereocenters. The second kappa shape index (κ2) is 5.81. The van der Waals surface area contributed by atoms with Gasteiger partial charge in [-0.3, -0.25) is 9.59 Å². The number of carbonyl (C=O) groups is 2.